The summed E-state index contributed by atoms with van der Waals surface area (Å²) in [5, 5.41) is 0. The number of hydrogen-bond acceptors (Lipinski definition) is 5. The molecule has 0 bridgehead atoms. The number of hydrogen-bond donors (Lipinski definition) is 1. The molecule has 1 amide bonds. The van der Waals surface area contributed by atoms with Gasteiger partial charge in [-0.1, -0.05) is 6.92 Å². The lowest BCUT2D eigenvalue weighted by Gasteiger charge is -2.38. The van der Waals surface area contributed by atoms with Crippen LogP contribution in [-0.2, 0) is 10.0 Å². The zero-order valence-electron chi connectivity index (χ0n) is 19.4. The van der Waals surface area contributed by atoms with Gasteiger partial charge in [0.25, 0.3) is 15.9 Å². The summed E-state index contributed by atoms with van der Waals surface area (Å²) in [7, 11) is -3.76. The molecule has 178 valence electrons. The zero-order valence-corrected chi connectivity index (χ0v) is 20.2. The fraction of sp³-hybridized carbons (Fsp3) is 0.480. The number of likely N-dealkylation sites (tertiary alicyclic amines) is 1. The van der Waals surface area contributed by atoms with Crippen molar-refractivity contribution in [1.29, 1.82) is 0 Å². The van der Waals surface area contributed by atoms with Gasteiger partial charge in [0.05, 0.1) is 11.5 Å². The van der Waals surface area contributed by atoms with Crippen LogP contribution in [-0.4, -0.2) is 62.4 Å². The Labute approximate surface area is 196 Å². The number of sulfonamides is 1. The summed E-state index contributed by atoms with van der Waals surface area (Å²) >= 11 is 0. The first kappa shape index (κ1) is 23.6. The summed E-state index contributed by atoms with van der Waals surface area (Å²) < 4.78 is 33.6. The quantitative estimate of drug-likeness (QED) is 0.599. The number of anilines is 1. The molecule has 1 heterocycles. The number of carbonyl (C=O) groups is 1. The maximum atomic E-state index is 13.3. The van der Waals surface area contributed by atoms with E-state index in [-0.39, 0.29) is 16.8 Å². The summed E-state index contributed by atoms with van der Waals surface area (Å²) in [6.45, 7) is 7.70. The van der Waals surface area contributed by atoms with Crippen LogP contribution in [0.1, 0.15) is 49.9 Å². The highest BCUT2D eigenvalue weighted by Crippen LogP contribution is 2.33. The van der Waals surface area contributed by atoms with E-state index in [0.29, 0.717) is 29.6 Å². The first-order valence-corrected chi connectivity index (χ1v) is 13.3. The van der Waals surface area contributed by atoms with E-state index in [0.717, 1.165) is 45.3 Å². The fourth-order valence-electron chi connectivity index (χ4n) is 4.42. The van der Waals surface area contributed by atoms with Gasteiger partial charge in [-0.2, -0.15) is 0 Å². The number of rotatable bonds is 9. The van der Waals surface area contributed by atoms with E-state index in [1.807, 2.05) is 6.92 Å². The molecule has 0 radical (unpaired) electrons. The van der Waals surface area contributed by atoms with Crippen LogP contribution < -0.4 is 9.46 Å². The molecule has 0 spiro atoms. The Morgan fingerprint density at radius 3 is 2.12 bits per heavy atom. The predicted molar refractivity (Wildman–Crippen MR) is 129 cm³/mol. The van der Waals surface area contributed by atoms with Gasteiger partial charge in [0, 0.05) is 36.4 Å². The van der Waals surface area contributed by atoms with Crippen molar-refractivity contribution < 1.29 is 17.9 Å². The summed E-state index contributed by atoms with van der Waals surface area (Å²) in [6.07, 6.45) is 4.10. The highest BCUT2D eigenvalue weighted by molar-refractivity contribution is 7.92. The molecule has 0 aromatic heterocycles. The zero-order chi connectivity index (χ0) is 23.4. The van der Waals surface area contributed by atoms with E-state index in [4.69, 9.17) is 4.74 Å². The minimum Gasteiger partial charge on any atom is -0.494 e. The maximum absolute atomic E-state index is 13.3. The number of amides is 1. The third kappa shape index (κ3) is 5.68. The van der Waals surface area contributed by atoms with Crippen LogP contribution in [0.5, 0.6) is 5.75 Å². The molecule has 0 unspecified atom stereocenters. The van der Waals surface area contributed by atoms with Crippen molar-refractivity contribution in [2.24, 2.45) is 0 Å². The van der Waals surface area contributed by atoms with Crippen LogP contribution in [0.4, 0.5) is 5.69 Å². The van der Waals surface area contributed by atoms with Crippen molar-refractivity contribution in [2.45, 2.75) is 56.5 Å². The average molecular weight is 472 g/mol. The third-order valence-corrected chi connectivity index (χ3v) is 7.80. The van der Waals surface area contributed by atoms with Crippen molar-refractivity contribution in [3.8, 4) is 5.75 Å². The Morgan fingerprint density at radius 1 is 0.970 bits per heavy atom. The van der Waals surface area contributed by atoms with Crippen molar-refractivity contribution in [3.05, 3.63) is 54.1 Å². The molecule has 33 heavy (non-hydrogen) atoms. The first-order valence-electron chi connectivity index (χ1n) is 11.8. The second kappa shape index (κ2) is 10.1. The van der Waals surface area contributed by atoms with Crippen LogP contribution in [0.15, 0.2) is 53.4 Å². The second-order valence-corrected chi connectivity index (χ2v) is 10.4. The van der Waals surface area contributed by atoms with Crippen LogP contribution in [0, 0.1) is 0 Å². The van der Waals surface area contributed by atoms with E-state index < -0.39 is 10.0 Å². The summed E-state index contributed by atoms with van der Waals surface area (Å²) in [5.41, 5.74) is 0.997. The van der Waals surface area contributed by atoms with Gasteiger partial charge >= 0.3 is 0 Å². The molecule has 4 rings (SSSR count). The molecule has 1 aliphatic heterocycles. The largest absolute Gasteiger partial charge is 0.494 e. The summed E-state index contributed by atoms with van der Waals surface area (Å²) in [6, 6.07) is 13.6. The predicted octanol–water partition coefficient (Wildman–Crippen LogP) is 3.98. The highest BCUT2D eigenvalue weighted by atomic mass is 32.2. The van der Waals surface area contributed by atoms with Crippen LogP contribution in [0.3, 0.4) is 0 Å². The SMILES string of the molecule is CCOc1ccc(NS(=O)(=O)c2ccc(C(=O)N(C3CC3)C3CCN(CC)CC3)cc2)cc1. The maximum Gasteiger partial charge on any atom is 0.261 e. The standard InChI is InChI=1S/C25H33N3O4S/c1-3-27-17-15-22(16-18-27)28(21-9-10-21)25(29)19-5-13-24(14-6-19)33(30,31)26-20-7-11-23(12-8-20)32-4-2/h5-8,11-14,21-22,26H,3-4,9-10,15-18H2,1-2H3. The molecule has 2 fully saturated rings. The Balaban J connectivity index is 1.44. The number of benzene rings is 2. The minimum absolute atomic E-state index is 0.0101. The van der Waals surface area contributed by atoms with Gasteiger partial charge in [-0.15, -0.1) is 0 Å². The van der Waals surface area contributed by atoms with Gasteiger partial charge in [0.2, 0.25) is 0 Å². The molecule has 2 aliphatic rings. The van der Waals surface area contributed by atoms with Crippen LogP contribution >= 0.6 is 0 Å². The van der Waals surface area contributed by atoms with Crippen molar-refractivity contribution in [1.82, 2.24) is 9.80 Å². The molecule has 1 N–H and O–H groups in total. The number of ether oxygens (including phenoxy) is 1. The Morgan fingerprint density at radius 2 is 1.58 bits per heavy atom. The lowest BCUT2D eigenvalue weighted by Crippen LogP contribution is -2.48. The van der Waals surface area contributed by atoms with Crippen LogP contribution in [0.25, 0.3) is 0 Å². The lowest BCUT2D eigenvalue weighted by molar-refractivity contribution is 0.0554. The first-order chi connectivity index (χ1) is 15.9. The number of carbonyl (C=O) groups excluding carboxylic acids is 1. The second-order valence-electron chi connectivity index (χ2n) is 8.70. The number of nitrogens with zero attached hydrogens (tertiary/aromatic N) is 2. The fourth-order valence-corrected chi connectivity index (χ4v) is 5.48. The monoisotopic (exact) mass is 471 g/mol. The Hall–Kier alpha value is -2.58. The molecule has 0 atom stereocenters. The smallest absolute Gasteiger partial charge is 0.261 e. The topological polar surface area (TPSA) is 78.9 Å². The molecular weight excluding hydrogens is 438 g/mol. The van der Waals surface area contributed by atoms with Gasteiger partial charge in [0.15, 0.2) is 0 Å². The average Bonchev–Trinajstić information content (AvgIpc) is 3.66. The molecule has 1 saturated heterocycles. The molecule has 2 aromatic rings. The van der Waals surface area contributed by atoms with Crippen molar-refractivity contribution >= 4 is 21.6 Å². The molecule has 1 aliphatic carbocycles. The minimum atomic E-state index is -3.76. The Kier molecular flexibility index (Phi) is 7.24. The molecule has 7 nitrogen and oxygen atoms in total. The van der Waals surface area contributed by atoms with Gasteiger partial charge in [-0.25, -0.2) is 8.42 Å². The summed E-state index contributed by atoms with van der Waals surface area (Å²) in [5.74, 6) is 0.694. The normalized spacial score (nSPS) is 17.5. The van der Waals surface area contributed by atoms with E-state index >= 15 is 0 Å². The lowest BCUT2D eigenvalue weighted by atomic mass is 10.0. The van der Waals surface area contributed by atoms with Crippen molar-refractivity contribution in [2.75, 3.05) is 31.0 Å². The molecule has 1 saturated carbocycles. The van der Waals surface area contributed by atoms with E-state index in [1.165, 1.54) is 12.1 Å². The van der Waals surface area contributed by atoms with E-state index in [2.05, 4.69) is 21.4 Å². The Bertz CT molecular complexity index is 1040. The molecular formula is C25H33N3O4S. The van der Waals surface area contributed by atoms with Gasteiger partial charge in [-0.3, -0.25) is 9.52 Å². The molecule has 8 heteroatoms. The van der Waals surface area contributed by atoms with E-state index in [1.54, 1.807) is 36.4 Å². The number of piperidine rings is 1. The molecule has 2 aromatic carbocycles. The van der Waals surface area contributed by atoms with Crippen LogP contribution in [0.2, 0.25) is 0 Å². The van der Waals surface area contributed by atoms with Gasteiger partial charge in [0.1, 0.15) is 5.75 Å². The van der Waals surface area contributed by atoms with E-state index in [9.17, 15) is 13.2 Å². The van der Waals surface area contributed by atoms with Gasteiger partial charge < -0.3 is 14.5 Å². The van der Waals surface area contributed by atoms with Gasteiger partial charge in [-0.05, 0) is 87.7 Å². The number of nitrogens with one attached hydrogen (secondary N) is 1. The third-order valence-electron chi connectivity index (χ3n) is 6.40. The highest BCUT2D eigenvalue weighted by Gasteiger charge is 2.38. The van der Waals surface area contributed by atoms with Crippen molar-refractivity contribution in [3.63, 3.8) is 0 Å². The summed E-state index contributed by atoms with van der Waals surface area (Å²) in [4.78, 5) is 18.0.